The Morgan fingerprint density at radius 3 is 1.12 bits per heavy atom. The number of nitrogens with zero attached hydrogens (tertiary/aromatic N) is 4. The fourth-order valence-electron chi connectivity index (χ4n) is 22.9. The number of fused-ring (bicyclic) bond motifs is 12. The van der Waals surface area contributed by atoms with E-state index >= 15 is 0 Å². The van der Waals surface area contributed by atoms with Crippen molar-refractivity contribution < 1.29 is 0 Å². The van der Waals surface area contributed by atoms with Crippen LogP contribution in [-0.4, -0.2) is 8.80 Å². The molecule has 14 aliphatic rings. The molecule has 4 atom stereocenters. The van der Waals surface area contributed by atoms with Crippen molar-refractivity contribution in [2.75, 3.05) is 0 Å². The zero-order valence-corrected chi connectivity index (χ0v) is 45.5. The Balaban J connectivity index is 0.922. The largest absolute Gasteiger partial charge is 0.309 e. The van der Waals surface area contributed by atoms with Crippen molar-refractivity contribution in [3.05, 3.63) is 239 Å². The number of aromatic nitrogens is 2. The summed E-state index contributed by atoms with van der Waals surface area (Å²) < 4.78 is 5.40. The van der Waals surface area contributed by atoms with Crippen LogP contribution in [0.4, 0.5) is 5.69 Å². The maximum absolute atomic E-state index is 11.5. The summed E-state index contributed by atoms with van der Waals surface area (Å²) in [4.78, 5) is 4.59. The van der Waals surface area contributed by atoms with E-state index in [1.807, 2.05) is 0 Å². The van der Waals surface area contributed by atoms with Crippen molar-refractivity contribution in [3.8, 4) is 6.07 Å². The Morgan fingerprint density at radius 2 is 0.720 bits per heavy atom. The molecule has 9 aromatic carbocycles. The Bertz CT molecular complexity index is 4920. The van der Waals surface area contributed by atoms with E-state index < -0.39 is 0 Å². The molecule has 82 heavy (non-hydrogen) atoms. The molecule has 12 bridgehead atoms. The Hall–Kier alpha value is -8.44. The monoisotopic (exact) mass is 1050 g/mol. The summed E-state index contributed by atoms with van der Waals surface area (Å²) in [5, 5.41) is 22.7. The second kappa shape index (κ2) is 13.9. The lowest BCUT2D eigenvalue weighted by atomic mass is 9.60. The van der Waals surface area contributed by atoms with E-state index in [1.165, 1.54) is 218 Å². The second-order valence-electron chi connectivity index (χ2n) is 28.2. The maximum atomic E-state index is 11.5. The van der Waals surface area contributed by atoms with E-state index in [0.29, 0.717) is 23.7 Å². The quantitative estimate of drug-likeness (QED) is 0.139. The van der Waals surface area contributed by atoms with Crippen molar-refractivity contribution in [1.82, 2.24) is 8.80 Å². The summed E-state index contributed by atoms with van der Waals surface area (Å²) in [5.41, 5.74) is 33.1. The number of nitriles is 1. The van der Waals surface area contributed by atoms with Gasteiger partial charge in [-0.2, -0.15) is 5.26 Å². The van der Waals surface area contributed by atoms with Crippen molar-refractivity contribution in [2.24, 2.45) is 23.7 Å². The van der Waals surface area contributed by atoms with Crippen molar-refractivity contribution in [1.29, 1.82) is 5.26 Å². The molecule has 4 unspecified atom stereocenters. The van der Waals surface area contributed by atoms with Gasteiger partial charge in [0.1, 0.15) is 0 Å². The van der Waals surface area contributed by atoms with E-state index in [-0.39, 0.29) is 23.7 Å². The number of hydrogen-bond acceptors (Lipinski definition) is 1. The minimum atomic E-state index is 0.124. The fraction of sp³-hybridized carbons (Fsp3) is 0.282. The van der Waals surface area contributed by atoms with Crippen LogP contribution in [0.25, 0.3) is 81.0 Å². The molecule has 0 saturated heterocycles. The maximum Gasteiger partial charge on any atom is 0.193 e. The lowest BCUT2D eigenvalue weighted by Gasteiger charge is -2.42. The van der Waals surface area contributed by atoms with Crippen molar-refractivity contribution in [3.63, 3.8) is 0 Å². The number of benzene rings is 9. The van der Waals surface area contributed by atoms with E-state index in [2.05, 4.69) is 153 Å². The molecule has 0 N–H and O–H groups in total. The predicted octanol–water partition coefficient (Wildman–Crippen LogP) is 19.2. The molecule has 14 aliphatic carbocycles. The highest BCUT2D eigenvalue weighted by molar-refractivity contribution is 6.31. The van der Waals surface area contributed by atoms with Gasteiger partial charge < -0.3 is 8.80 Å². The van der Waals surface area contributed by atoms with Crippen LogP contribution in [-0.2, 0) is 0 Å². The van der Waals surface area contributed by atoms with Gasteiger partial charge >= 0.3 is 0 Å². The highest BCUT2D eigenvalue weighted by Gasteiger charge is 2.50. The first kappa shape index (κ1) is 42.4. The minimum Gasteiger partial charge on any atom is -0.309 e. The smallest absolute Gasteiger partial charge is 0.193 e. The summed E-state index contributed by atoms with van der Waals surface area (Å²) in [7, 11) is 0. The molecule has 4 fully saturated rings. The van der Waals surface area contributed by atoms with Crippen LogP contribution in [0.2, 0.25) is 0 Å². The van der Waals surface area contributed by atoms with Crippen LogP contribution < -0.4 is 0 Å². The Kier molecular flexibility index (Phi) is 7.18. The van der Waals surface area contributed by atoms with Gasteiger partial charge in [-0.25, -0.2) is 4.85 Å². The average Bonchev–Trinajstić information content (AvgIpc) is 1.77. The highest BCUT2D eigenvalue weighted by Crippen LogP contribution is 2.67. The predicted molar refractivity (Wildman–Crippen MR) is 327 cm³/mol. The van der Waals surface area contributed by atoms with Crippen LogP contribution in [0.3, 0.4) is 0 Å². The van der Waals surface area contributed by atoms with Crippen LogP contribution in [0.1, 0.15) is 206 Å². The third kappa shape index (κ3) is 4.56. The van der Waals surface area contributed by atoms with Gasteiger partial charge in [0.25, 0.3) is 0 Å². The Labute approximate surface area is 474 Å². The first-order chi connectivity index (χ1) is 40.6. The lowest BCUT2D eigenvalue weighted by Crippen LogP contribution is -2.27. The molecule has 13 aromatic rings. The van der Waals surface area contributed by atoms with E-state index in [0.717, 1.165) is 34.9 Å². The van der Waals surface area contributed by atoms with Crippen LogP contribution in [0, 0.1) is 41.6 Å². The van der Waals surface area contributed by atoms with Gasteiger partial charge in [-0.15, -0.1) is 0 Å². The van der Waals surface area contributed by atoms with Gasteiger partial charge in [0.2, 0.25) is 0 Å². The second-order valence-corrected chi connectivity index (χ2v) is 28.2. The average molecular weight is 1050 g/mol. The molecule has 0 amide bonds. The van der Waals surface area contributed by atoms with E-state index in [4.69, 9.17) is 6.57 Å². The van der Waals surface area contributed by atoms with E-state index in [1.54, 1.807) is 11.1 Å². The minimum absolute atomic E-state index is 0.124. The molecule has 0 radical (unpaired) electrons. The SMILES string of the molecule is [C-]#[N+]c1cc2c(c3c1C1CC4CC(C1)CC3C4)c1c3c(cc4c5cc6c(cc5n2c41)c1cc2c(c4c5c7c(c(C#N)cc5n6c14)C1CC4CC(C1)CC7C4)C1c4ccccc4C2c2ccccc21)C1c2ccccc2C3c2ccccc21. The Morgan fingerprint density at radius 1 is 0.354 bits per heavy atom. The van der Waals surface area contributed by atoms with E-state index in [9.17, 15) is 5.26 Å². The molecule has 0 spiro atoms. The topological polar surface area (TPSA) is 37.0 Å². The first-order valence-electron chi connectivity index (χ1n) is 31.3. The zero-order chi connectivity index (χ0) is 52.6. The third-order valence-electron chi connectivity index (χ3n) is 24.9. The molecular formula is C78H54N4. The summed E-state index contributed by atoms with van der Waals surface area (Å²) in [6, 6.07) is 56.0. The highest BCUT2D eigenvalue weighted by atomic mass is 14.9. The molecule has 0 aliphatic heterocycles. The van der Waals surface area contributed by atoms with Crippen LogP contribution in [0.15, 0.2) is 133 Å². The van der Waals surface area contributed by atoms with Gasteiger partial charge in [0, 0.05) is 72.3 Å². The standard InChI is InChI=1S/C78H54N4/c1-80-58-33-62-74(66-42-26-37-19-38(27-42)23-40(22-37)64(58)66)76-72-57(68-46-12-4-8-16-50(46)70(72)51-17-9-5-13-47(51)68)30-55-53-31-59-52(32-60(53)82(62)78(55)76)54-29-56-67-44-10-2-6-14-48(44)69(49-15-7-3-11-45(49)67)71(56)75-73-61(81(59)77(54)75)28-43(34-79)63-39-20-35-18-36(21-39)25-41(24-35)65(63)73/h2-17,28-33,35-42,67-70H,18-27H2. The van der Waals surface area contributed by atoms with Gasteiger partial charge in [-0.3, -0.25) is 0 Å². The van der Waals surface area contributed by atoms with Gasteiger partial charge in [0.05, 0.1) is 45.8 Å². The van der Waals surface area contributed by atoms with Crippen molar-refractivity contribution in [2.45, 2.75) is 112 Å². The normalized spacial score (nSPS) is 28.5. The third-order valence-corrected chi connectivity index (χ3v) is 24.9. The van der Waals surface area contributed by atoms with Gasteiger partial charge in [-0.05, 0) is 237 Å². The lowest BCUT2D eigenvalue weighted by molar-refractivity contribution is 0.166. The number of hydrogen-bond donors (Lipinski definition) is 0. The molecule has 4 heterocycles. The van der Waals surface area contributed by atoms with Crippen LogP contribution in [0.5, 0.6) is 0 Å². The molecule has 4 nitrogen and oxygen atoms in total. The molecule has 27 rings (SSSR count). The summed E-state index contributed by atoms with van der Waals surface area (Å²) in [6.45, 7) is 9.08. The summed E-state index contributed by atoms with van der Waals surface area (Å²) in [5.74, 6) is 5.34. The zero-order valence-electron chi connectivity index (χ0n) is 45.5. The summed E-state index contributed by atoms with van der Waals surface area (Å²) >= 11 is 0. The molecule has 4 heteroatoms. The number of rotatable bonds is 0. The molecule has 386 valence electrons. The van der Waals surface area contributed by atoms with Gasteiger partial charge in [-0.1, -0.05) is 97.1 Å². The van der Waals surface area contributed by atoms with Crippen LogP contribution >= 0.6 is 0 Å². The summed E-state index contributed by atoms with van der Waals surface area (Å²) in [6.07, 6.45) is 12.7. The molecular weight excluding hydrogens is 993 g/mol. The van der Waals surface area contributed by atoms with Crippen molar-refractivity contribution >= 4 is 81.9 Å². The molecule has 4 saturated carbocycles. The first-order valence-corrected chi connectivity index (χ1v) is 31.3. The fourth-order valence-corrected chi connectivity index (χ4v) is 22.9. The molecule has 4 aromatic heterocycles. The van der Waals surface area contributed by atoms with Gasteiger partial charge in [0.15, 0.2) is 5.69 Å².